The van der Waals surface area contributed by atoms with E-state index in [1.165, 1.54) is 19.4 Å². The first-order valence-corrected chi connectivity index (χ1v) is 7.47. The van der Waals surface area contributed by atoms with Crippen LogP contribution in [0.15, 0.2) is 0 Å². The Morgan fingerprint density at radius 3 is 2.47 bits per heavy atom. The van der Waals surface area contributed by atoms with Gasteiger partial charge < -0.3 is 16.0 Å². The van der Waals surface area contributed by atoms with E-state index in [4.69, 9.17) is 5.73 Å². The molecule has 0 aromatic heterocycles. The second-order valence-electron chi connectivity index (χ2n) is 5.92. The van der Waals surface area contributed by atoms with E-state index in [2.05, 4.69) is 17.1 Å². The minimum atomic E-state index is -0.320. The molecular weight excluding hydrogens is 262 g/mol. The van der Waals surface area contributed by atoms with Gasteiger partial charge in [0.05, 0.1) is 6.04 Å². The lowest BCUT2D eigenvalue weighted by molar-refractivity contribution is -0.123. The molecule has 1 heterocycles. The number of nitrogens with two attached hydrogens (primary N) is 1. The zero-order valence-electron chi connectivity index (χ0n) is 11.9. The molecule has 0 bridgehead atoms. The molecule has 0 aromatic rings. The van der Waals surface area contributed by atoms with Crippen molar-refractivity contribution in [3.63, 3.8) is 0 Å². The summed E-state index contributed by atoms with van der Waals surface area (Å²) in [6, 6.07) is 0.0235. The summed E-state index contributed by atoms with van der Waals surface area (Å²) in [5.74, 6) is 1.01. The van der Waals surface area contributed by atoms with E-state index < -0.39 is 0 Å². The lowest BCUT2D eigenvalue weighted by Gasteiger charge is -2.32. The Balaban J connectivity index is 0.00000180. The Morgan fingerprint density at radius 2 is 1.95 bits per heavy atom. The molecule has 19 heavy (non-hydrogen) atoms. The number of hydrogen-bond donors (Lipinski definition) is 2. The first-order chi connectivity index (χ1) is 8.69. The zero-order chi connectivity index (χ0) is 13.0. The average Bonchev–Trinajstić information content (AvgIpc) is 3.16. The summed E-state index contributed by atoms with van der Waals surface area (Å²) >= 11 is 0. The van der Waals surface area contributed by atoms with Gasteiger partial charge in [0.2, 0.25) is 5.91 Å². The van der Waals surface area contributed by atoms with Gasteiger partial charge in [-0.15, -0.1) is 12.4 Å². The van der Waals surface area contributed by atoms with Crippen LogP contribution in [0.1, 0.15) is 45.4 Å². The van der Waals surface area contributed by atoms with Crippen LogP contribution < -0.4 is 11.1 Å². The minimum Gasteiger partial charge on any atom is -0.352 e. The summed E-state index contributed by atoms with van der Waals surface area (Å²) < 4.78 is 0. The predicted octanol–water partition coefficient (Wildman–Crippen LogP) is 1.53. The Labute approximate surface area is 122 Å². The molecular formula is C14H28ClN3O. The zero-order valence-corrected chi connectivity index (χ0v) is 12.8. The molecule has 2 aliphatic rings. The molecule has 5 heteroatoms. The number of likely N-dealkylation sites (tertiary alicyclic amines) is 1. The molecule has 1 amide bonds. The van der Waals surface area contributed by atoms with Crippen molar-refractivity contribution < 1.29 is 4.79 Å². The van der Waals surface area contributed by atoms with E-state index >= 15 is 0 Å². The maximum Gasteiger partial charge on any atom is 0.237 e. The summed E-state index contributed by atoms with van der Waals surface area (Å²) in [4.78, 5) is 14.4. The lowest BCUT2D eigenvalue weighted by Crippen LogP contribution is -2.49. The number of nitrogens with one attached hydrogen (secondary N) is 1. The summed E-state index contributed by atoms with van der Waals surface area (Å²) in [6.45, 7) is 5.59. The van der Waals surface area contributed by atoms with Gasteiger partial charge in [-0.2, -0.15) is 0 Å². The Kier molecular flexibility index (Phi) is 7.11. The highest BCUT2D eigenvalue weighted by molar-refractivity contribution is 5.85. The summed E-state index contributed by atoms with van der Waals surface area (Å²) in [6.07, 6.45) is 6.75. The second kappa shape index (κ2) is 8.08. The number of carbonyl (C=O) groups is 1. The van der Waals surface area contributed by atoms with E-state index in [9.17, 15) is 4.79 Å². The van der Waals surface area contributed by atoms with Gasteiger partial charge in [-0.3, -0.25) is 4.79 Å². The first-order valence-electron chi connectivity index (χ1n) is 7.47. The van der Waals surface area contributed by atoms with Crippen LogP contribution in [-0.4, -0.2) is 42.5 Å². The van der Waals surface area contributed by atoms with Gasteiger partial charge >= 0.3 is 0 Å². The highest BCUT2D eigenvalue weighted by atomic mass is 35.5. The number of piperidine rings is 1. The fourth-order valence-corrected chi connectivity index (χ4v) is 2.68. The molecule has 1 unspecified atom stereocenters. The van der Waals surface area contributed by atoms with Crippen LogP contribution in [0.2, 0.25) is 0 Å². The minimum absolute atomic E-state index is 0. The average molecular weight is 290 g/mol. The Hall–Kier alpha value is -0.320. The largest absolute Gasteiger partial charge is 0.352 e. The monoisotopic (exact) mass is 289 g/mol. The molecule has 1 aliphatic carbocycles. The number of carbonyl (C=O) groups excluding carboxylic acids is 1. The maximum atomic E-state index is 11.8. The van der Waals surface area contributed by atoms with Crippen LogP contribution in [-0.2, 0) is 4.79 Å². The third kappa shape index (κ3) is 5.67. The van der Waals surface area contributed by atoms with Crippen molar-refractivity contribution in [1.29, 1.82) is 0 Å². The van der Waals surface area contributed by atoms with Gasteiger partial charge in [0, 0.05) is 25.7 Å². The molecule has 0 spiro atoms. The number of amides is 1. The Bertz CT molecular complexity index is 276. The van der Waals surface area contributed by atoms with Gasteiger partial charge in [0.15, 0.2) is 0 Å². The van der Waals surface area contributed by atoms with Crippen molar-refractivity contribution in [3.05, 3.63) is 0 Å². The summed E-state index contributed by atoms with van der Waals surface area (Å²) in [5, 5.41) is 3.10. The third-order valence-corrected chi connectivity index (χ3v) is 4.08. The van der Waals surface area contributed by atoms with Crippen LogP contribution in [0.5, 0.6) is 0 Å². The van der Waals surface area contributed by atoms with Crippen molar-refractivity contribution in [1.82, 2.24) is 10.2 Å². The van der Waals surface area contributed by atoms with E-state index in [1.54, 1.807) is 0 Å². The molecule has 1 saturated carbocycles. The first kappa shape index (κ1) is 16.7. The molecule has 0 radical (unpaired) electrons. The lowest BCUT2D eigenvalue weighted by atomic mass is 10.0. The number of halogens is 1. The van der Waals surface area contributed by atoms with Crippen molar-refractivity contribution in [2.45, 2.75) is 57.5 Å². The normalized spacial score (nSPS) is 22.6. The van der Waals surface area contributed by atoms with Crippen LogP contribution in [0.3, 0.4) is 0 Å². The molecule has 1 atom stereocenters. The molecule has 2 fully saturated rings. The fourth-order valence-electron chi connectivity index (χ4n) is 2.68. The van der Waals surface area contributed by atoms with Crippen LogP contribution >= 0.6 is 12.4 Å². The summed E-state index contributed by atoms with van der Waals surface area (Å²) in [5.41, 5.74) is 5.82. The molecule has 1 aliphatic heterocycles. The molecule has 1 saturated heterocycles. The number of rotatable bonds is 6. The summed E-state index contributed by atoms with van der Waals surface area (Å²) in [7, 11) is 0. The smallest absolute Gasteiger partial charge is 0.237 e. The third-order valence-electron chi connectivity index (χ3n) is 4.08. The van der Waals surface area contributed by atoms with E-state index in [0.29, 0.717) is 6.04 Å². The molecule has 4 nitrogen and oxygen atoms in total. The van der Waals surface area contributed by atoms with Gasteiger partial charge in [-0.1, -0.05) is 13.3 Å². The predicted molar refractivity (Wildman–Crippen MR) is 80.5 cm³/mol. The van der Waals surface area contributed by atoms with Crippen LogP contribution in [0.25, 0.3) is 0 Å². The van der Waals surface area contributed by atoms with Crippen molar-refractivity contribution in [2.24, 2.45) is 11.7 Å². The van der Waals surface area contributed by atoms with E-state index in [0.717, 1.165) is 44.7 Å². The number of nitrogens with zero attached hydrogens (tertiary/aromatic N) is 1. The molecule has 2 rings (SSSR count). The Morgan fingerprint density at radius 1 is 1.32 bits per heavy atom. The van der Waals surface area contributed by atoms with Gasteiger partial charge in [-0.05, 0) is 38.0 Å². The molecule has 0 aromatic carbocycles. The topological polar surface area (TPSA) is 58.4 Å². The van der Waals surface area contributed by atoms with E-state index in [1.807, 2.05) is 0 Å². The molecule has 3 N–H and O–H groups in total. The van der Waals surface area contributed by atoms with Crippen molar-refractivity contribution in [3.8, 4) is 0 Å². The maximum absolute atomic E-state index is 11.8. The molecule has 112 valence electrons. The van der Waals surface area contributed by atoms with Crippen molar-refractivity contribution in [2.75, 3.05) is 19.6 Å². The standard InChI is InChI=1S/C14H27N3O.ClH/c1-2-3-13(15)14(18)16-12-6-8-17(9-7-12)10-11-4-5-11;/h11-13H,2-10,15H2,1H3,(H,16,18);1H. The van der Waals surface area contributed by atoms with Crippen LogP contribution in [0, 0.1) is 5.92 Å². The van der Waals surface area contributed by atoms with Gasteiger partial charge in [0.1, 0.15) is 0 Å². The van der Waals surface area contributed by atoms with Gasteiger partial charge in [0.25, 0.3) is 0 Å². The van der Waals surface area contributed by atoms with Crippen molar-refractivity contribution >= 4 is 18.3 Å². The SMILES string of the molecule is CCCC(N)C(=O)NC1CCN(CC2CC2)CC1.Cl. The van der Waals surface area contributed by atoms with Gasteiger partial charge in [-0.25, -0.2) is 0 Å². The highest BCUT2D eigenvalue weighted by Crippen LogP contribution is 2.30. The quantitative estimate of drug-likeness (QED) is 0.780. The number of hydrogen-bond acceptors (Lipinski definition) is 3. The van der Waals surface area contributed by atoms with Crippen LogP contribution in [0.4, 0.5) is 0 Å². The fraction of sp³-hybridized carbons (Fsp3) is 0.929. The van der Waals surface area contributed by atoms with E-state index in [-0.39, 0.29) is 24.4 Å². The second-order valence-corrected chi connectivity index (χ2v) is 5.92. The highest BCUT2D eigenvalue weighted by Gasteiger charge is 2.27.